The number of rotatable bonds is 15. The number of nitrogens with two attached hydrogens (primary N) is 2. The van der Waals surface area contributed by atoms with Crippen molar-refractivity contribution in [3.63, 3.8) is 0 Å². The van der Waals surface area contributed by atoms with Gasteiger partial charge in [0.05, 0.1) is 18.8 Å². The van der Waals surface area contributed by atoms with Crippen molar-refractivity contribution in [2.75, 3.05) is 19.7 Å². The molecule has 0 aromatic carbocycles. The number of amides is 4. The number of hydrogen-bond donors (Lipinski definition) is 9. The van der Waals surface area contributed by atoms with E-state index < -0.39 is 73.0 Å². The molecule has 4 amide bonds. The van der Waals surface area contributed by atoms with Crippen LogP contribution in [0.3, 0.4) is 0 Å². The summed E-state index contributed by atoms with van der Waals surface area (Å²) < 4.78 is 0. The molecule has 0 aliphatic heterocycles. The Kier molecular flexibility index (Phi) is 13.7. The predicted molar refractivity (Wildman–Crippen MR) is 112 cm³/mol. The van der Waals surface area contributed by atoms with Gasteiger partial charge in [-0.25, -0.2) is 0 Å². The van der Waals surface area contributed by atoms with Crippen molar-refractivity contribution in [1.29, 1.82) is 0 Å². The fraction of sp³-hybridized carbons (Fsp3) is 0.722. The first-order valence-corrected chi connectivity index (χ1v) is 10.1. The number of aliphatic hydroxyl groups is 2. The Balaban J connectivity index is 5.30. The molecule has 14 heteroatoms. The lowest BCUT2D eigenvalue weighted by Crippen LogP contribution is -2.61. The number of nitrogens with one attached hydrogen (secondary N) is 4. The van der Waals surface area contributed by atoms with Crippen molar-refractivity contribution in [2.24, 2.45) is 11.5 Å². The summed E-state index contributed by atoms with van der Waals surface area (Å²) in [5.41, 5.74) is 10.8. The average Bonchev–Trinajstić information content (AvgIpc) is 2.72. The van der Waals surface area contributed by atoms with Crippen LogP contribution in [-0.4, -0.2) is 94.9 Å². The molecule has 0 aromatic heterocycles. The van der Waals surface area contributed by atoms with E-state index in [0.717, 1.165) is 0 Å². The highest BCUT2D eigenvalue weighted by molar-refractivity contribution is 5.95. The molecule has 5 atom stereocenters. The van der Waals surface area contributed by atoms with Crippen LogP contribution in [0.5, 0.6) is 0 Å². The molecule has 0 saturated carbocycles. The highest BCUT2D eigenvalue weighted by Crippen LogP contribution is 2.04. The molecule has 184 valence electrons. The molecule has 0 saturated heterocycles. The van der Waals surface area contributed by atoms with Gasteiger partial charge >= 0.3 is 5.97 Å². The fourth-order valence-corrected chi connectivity index (χ4v) is 2.47. The van der Waals surface area contributed by atoms with E-state index in [1.807, 2.05) is 0 Å². The summed E-state index contributed by atoms with van der Waals surface area (Å²) in [5.74, 6) is -4.63. The van der Waals surface area contributed by atoms with Crippen LogP contribution >= 0.6 is 0 Å². The van der Waals surface area contributed by atoms with Gasteiger partial charge in [0.2, 0.25) is 23.6 Å². The topological polar surface area (TPSA) is 246 Å². The quantitative estimate of drug-likeness (QED) is 0.105. The first kappa shape index (κ1) is 29.2. The first-order chi connectivity index (χ1) is 14.9. The van der Waals surface area contributed by atoms with Crippen LogP contribution < -0.4 is 32.7 Å². The second kappa shape index (κ2) is 15.1. The lowest BCUT2D eigenvalue weighted by Gasteiger charge is -2.26. The van der Waals surface area contributed by atoms with Crippen molar-refractivity contribution < 1.29 is 39.3 Å². The highest BCUT2D eigenvalue weighted by atomic mass is 16.4. The summed E-state index contributed by atoms with van der Waals surface area (Å²) >= 11 is 0. The summed E-state index contributed by atoms with van der Waals surface area (Å²) in [6.07, 6.45) is -0.275. The number of carboxylic acids is 1. The molecule has 0 fully saturated rings. The number of aliphatic carboxylic acids is 1. The number of carboxylic acid groups (broad SMARTS) is 1. The van der Waals surface area contributed by atoms with E-state index >= 15 is 0 Å². The van der Waals surface area contributed by atoms with Crippen molar-refractivity contribution in [2.45, 2.75) is 63.4 Å². The zero-order valence-corrected chi connectivity index (χ0v) is 18.2. The molecular weight excluding hydrogens is 428 g/mol. The van der Waals surface area contributed by atoms with Crippen LogP contribution in [0.2, 0.25) is 0 Å². The smallest absolute Gasteiger partial charge is 0.322 e. The molecule has 0 aliphatic rings. The number of aliphatic hydroxyl groups excluding tert-OH is 2. The zero-order chi connectivity index (χ0) is 24.8. The third-order valence-electron chi connectivity index (χ3n) is 4.29. The number of hydrogen-bond acceptors (Lipinski definition) is 9. The molecule has 0 bridgehead atoms. The molecule has 0 radical (unpaired) electrons. The normalized spacial score (nSPS) is 15.4. The van der Waals surface area contributed by atoms with Crippen molar-refractivity contribution in [1.82, 2.24) is 21.3 Å². The van der Waals surface area contributed by atoms with Gasteiger partial charge in [-0.3, -0.25) is 24.0 Å². The Bertz CT molecular complexity index is 657. The third kappa shape index (κ3) is 11.0. The Morgan fingerprint density at radius 1 is 0.875 bits per heavy atom. The SMILES string of the molecule is C[C@H](N)C(=O)N[C@@H](CO)C(=O)N[C@H](C(=O)N[C@@H](CCCCN)C(=O)NCC(=O)O)[C@@H](C)O. The zero-order valence-electron chi connectivity index (χ0n) is 18.2. The van der Waals surface area contributed by atoms with E-state index in [1.54, 1.807) is 0 Å². The van der Waals surface area contributed by atoms with Gasteiger partial charge < -0.3 is 48.1 Å². The van der Waals surface area contributed by atoms with Crippen molar-refractivity contribution in [3.05, 3.63) is 0 Å². The maximum Gasteiger partial charge on any atom is 0.322 e. The monoisotopic (exact) mass is 462 g/mol. The third-order valence-corrected chi connectivity index (χ3v) is 4.29. The van der Waals surface area contributed by atoms with Crippen LogP contribution in [-0.2, 0) is 24.0 Å². The van der Waals surface area contributed by atoms with Gasteiger partial charge in [-0.15, -0.1) is 0 Å². The molecule has 0 rings (SSSR count). The van der Waals surface area contributed by atoms with Gasteiger partial charge in [0.15, 0.2) is 0 Å². The van der Waals surface area contributed by atoms with Gasteiger partial charge in [-0.2, -0.15) is 0 Å². The van der Waals surface area contributed by atoms with Gasteiger partial charge in [0.1, 0.15) is 24.7 Å². The van der Waals surface area contributed by atoms with Crippen molar-refractivity contribution in [3.8, 4) is 0 Å². The molecule has 0 aliphatic carbocycles. The van der Waals surface area contributed by atoms with Crippen LogP contribution in [0.25, 0.3) is 0 Å². The molecule has 0 unspecified atom stereocenters. The minimum Gasteiger partial charge on any atom is -0.480 e. The largest absolute Gasteiger partial charge is 0.480 e. The standard InChI is InChI=1S/C18H34N6O8/c1-9(20)15(29)23-12(8-25)17(31)24-14(10(2)26)18(32)22-11(5-3-4-6-19)16(30)21-7-13(27)28/h9-12,14,25-26H,3-8,19-20H2,1-2H3,(H,21,30)(H,22,32)(H,23,29)(H,24,31)(H,27,28)/t9-,10+,11-,12-,14-/m0/s1. The van der Waals surface area contributed by atoms with Crippen molar-refractivity contribution >= 4 is 29.6 Å². The summed E-state index contributed by atoms with van der Waals surface area (Å²) in [7, 11) is 0. The maximum atomic E-state index is 12.7. The van der Waals surface area contributed by atoms with E-state index in [4.69, 9.17) is 16.6 Å². The van der Waals surface area contributed by atoms with Gasteiger partial charge in [-0.1, -0.05) is 0 Å². The predicted octanol–water partition coefficient (Wildman–Crippen LogP) is -4.51. The van der Waals surface area contributed by atoms with Crippen LogP contribution in [0.15, 0.2) is 0 Å². The molecule has 0 aromatic rings. The van der Waals surface area contributed by atoms with Gasteiger partial charge in [0, 0.05) is 0 Å². The second-order valence-corrected chi connectivity index (χ2v) is 7.22. The van der Waals surface area contributed by atoms with E-state index in [2.05, 4.69) is 21.3 Å². The van der Waals surface area contributed by atoms with Crippen LogP contribution in [0, 0.1) is 0 Å². The lowest BCUT2D eigenvalue weighted by atomic mass is 10.1. The van der Waals surface area contributed by atoms with Gasteiger partial charge in [-0.05, 0) is 39.7 Å². The van der Waals surface area contributed by atoms with Crippen LogP contribution in [0.4, 0.5) is 0 Å². The molecule has 32 heavy (non-hydrogen) atoms. The van der Waals surface area contributed by atoms with E-state index in [9.17, 15) is 34.2 Å². The minimum absolute atomic E-state index is 0.137. The Morgan fingerprint density at radius 2 is 1.47 bits per heavy atom. The maximum absolute atomic E-state index is 12.7. The summed E-state index contributed by atoms with van der Waals surface area (Å²) in [4.78, 5) is 59.7. The fourth-order valence-electron chi connectivity index (χ4n) is 2.47. The van der Waals surface area contributed by atoms with Gasteiger partial charge in [0.25, 0.3) is 0 Å². The Morgan fingerprint density at radius 3 is 1.94 bits per heavy atom. The van der Waals surface area contributed by atoms with E-state index in [0.29, 0.717) is 19.4 Å². The molecule has 11 N–H and O–H groups in total. The summed E-state index contributed by atoms with van der Waals surface area (Å²) in [6.45, 7) is 1.48. The molecule has 14 nitrogen and oxygen atoms in total. The van der Waals surface area contributed by atoms with E-state index in [-0.39, 0.29) is 6.42 Å². The molecule has 0 spiro atoms. The minimum atomic E-state index is -1.53. The van der Waals surface area contributed by atoms with Crippen LogP contribution in [0.1, 0.15) is 33.1 Å². The molecular formula is C18H34N6O8. The molecule has 0 heterocycles. The Hall–Kier alpha value is -2.81. The average molecular weight is 463 g/mol. The first-order valence-electron chi connectivity index (χ1n) is 10.1. The number of carbonyl (C=O) groups excluding carboxylic acids is 4. The number of unbranched alkanes of at least 4 members (excludes halogenated alkanes) is 1. The number of carbonyl (C=O) groups is 5. The van der Waals surface area contributed by atoms with E-state index in [1.165, 1.54) is 13.8 Å². The Labute approximate surface area is 185 Å². The summed E-state index contributed by atoms with van der Waals surface area (Å²) in [5, 5.41) is 37.0. The second-order valence-electron chi connectivity index (χ2n) is 7.22. The summed E-state index contributed by atoms with van der Waals surface area (Å²) in [6, 6.07) is -5.06. The lowest BCUT2D eigenvalue weighted by molar-refractivity contribution is -0.139. The highest BCUT2D eigenvalue weighted by Gasteiger charge is 2.32.